The van der Waals surface area contributed by atoms with Crippen molar-refractivity contribution in [2.45, 2.75) is 13.5 Å². The number of rotatable bonds is 6. The number of aromatic nitrogens is 2. The van der Waals surface area contributed by atoms with E-state index in [2.05, 4.69) is 30.6 Å². The first-order chi connectivity index (χ1) is 13.5. The van der Waals surface area contributed by atoms with Crippen molar-refractivity contribution in [2.24, 2.45) is 0 Å². The van der Waals surface area contributed by atoms with E-state index in [0.717, 1.165) is 44.1 Å². The molecule has 1 fully saturated rings. The minimum atomic E-state index is -3.26. The maximum atomic E-state index is 11.8. The second-order valence-electron chi connectivity index (χ2n) is 7.03. The summed E-state index contributed by atoms with van der Waals surface area (Å²) in [5, 5.41) is 1.18. The van der Waals surface area contributed by atoms with Crippen molar-refractivity contribution in [1.29, 1.82) is 0 Å². The van der Waals surface area contributed by atoms with E-state index < -0.39 is 10.0 Å². The zero-order chi connectivity index (χ0) is 19.6. The summed E-state index contributed by atoms with van der Waals surface area (Å²) >= 11 is 0. The molecule has 0 bridgehead atoms. The second kappa shape index (κ2) is 7.81. The predicted molar refractivity (Wildman–Crippen MR) is 113 cm³/mol. The highest BCUT2D eigenvalue weighted by atomic mass is 32.2. The molecule has 1 saturated heterocycles. The summed E-state index contributed by atoms with van der Waals surface area (Å²) in [5.41, 5.74) is 3.87. The molecule has 0 amide bonds. The van der Waals surface area contributed by atoms with Gasteiger partial charge in [0.1, 0.15) is 5.65 Å². The summed E-state index contributed by atoms with van der Waals surface area (Å²) < 4.78 is 26.2. The van der Waals surface area contributed by atoms with Gasteiger partial charge in [-0.25, -0.2) is 13.4 Å². The lowest BCUT2D eigenvalue weighted by Crippen LogP contribution is -2.45. The Hall–Kier alpha value is -2.58. The van der Waals surface area contributed by atoms with Crippen LogP contribution in [0.1, 0.15) is 12.5 Å². The van der Waals surface area contributed by atoms with Crippen molar-refractivity contribution in [1.82, 2.24) is 14.9 Å². The first-order valence-corrected chi connectivity index (χ1v) is 11.2. The van der Waals surface area contributed by atoms with Gasteiger partial charge in [-0.05, 0) is 42.8 Å². The highest BCUT2D eigenvalue weighted by molar-refractivity contribution is 7.92. The van der Waals surface area contributed by atoms with Crippen molar-refractivity contribution >= 4 is 32.4 Å². The fourth-order valence-corrected chi connectivity index (χ4v) is 4.20. The molecule has 1 aliphatic heterocycles. The number of hydrogen-bond acceptors (Lipinski definition) is 5. The Morgan fingerprint density at radius 3 is 2.75 bits per heavy atom. The van der Waals surface area contributed by atoms with Gasteiger partial charge in [0.15, 0.2) is 0 Å². The number of nitrogens with one attached hydrogen (secondary N) is 2. The molecule has 3 aromatic rings. The van der Waals surface area contributed by atoms with Gasteiger partial charge in [0.25, 0.3) is 0 Å². The quantitative estimate of drug-likeness (QED) is 0.666. The van der Waals surface area contributed by atoms with Crippen molar-refractivity contribution < 1.29 is 8.42 Å². The van der Waals surface area contributed by atoms with Gasteiger partial charge >= 0.3 is 0 Å². The van der Waals surface area contributed by atoms with Gasteiger partial charge < -0.3 is 9.88 Å². The molecule has 2 aromatic heterocycles. The first kappa shape index (κ1) is 18.8. The number of anilines is 2. The Bertz CT molecular complexity index is 1060. The van der Waals surface area contributed by atoms with E-state index >= 15 is 0 Å². The van der Waals surface area contributed by atoms with Crippen LogP contribution in [0, 0.1) is 0 Å². The van der Waals surface area contributed by atoms with Crippen molar-refractivity contribution in [3.05, 3.63) is 54.4 Å². The van der Waals surface area contributed by atoms with Crippen LogP contribution in [-0.4, -0.2) is 55.2 Å². The summed E-state index contributed by atoms with van der Waals surface area (Å²) in [7, 11) is -3.26. The third kappa shape index (κ3) is 4.13. The molecule has 1 aliphatic rings. The molecule has 148 valence electrons. The average Bonchev–Trinajstić information content (AvgIpc) is 3.11. The van der Waals surface area contributed by atoms with E-state index in [-0.39, 0.29) is 5.75 Å². The highest BCUT2D eigenvalue weighted by Gasteiger charge is 2.19. The minimum Gasteiger partial charge on any atom is -0.369 e. The molecule has 4 rings (SSSR count). The molecular formula is C20H25N5O2S. The maximum Gasteiger partial charge on any atom is 0.232 e. The van der Waals surface area contributed by atoms with Gasteiger partial charge in [0, 0.05) is 56.2 Å². The molecule has 7 nitrogen and oxygen atoms in total. The Kier molecular flexibility index (Phi) is 5.23. The molecular weight excluding hydrogens is 374 g/mol. The second-order valence-corrected chi connectivity index (χ2v) is 9.04. The van der Waals surface area contributed by atoms with E-state index in [1.807, 2.05) is 30.5 Å². The van der Waals surface area contributed by atoms with E-state index in [9.17, 15) is 8.42 Å². The maximum absolute atomic E-state index is 11.8. The fourth-order valence-electron chi connectivity index (χ4n) is 3.57. The Labute approximate surface area is 165 Å². The molecule has 1 aromatic carbocycles. The Balaban J connectivity index is 1.39. The molecule has 0 spiro atoms. The van der Waals surface area contributed by atoms with Gasteiger partial charge in [-0.2, -0.15) is 0 Å². The van der Waals surface area contributed by atoms with Crippen LogP contribution in [0.5, 0.6) is 0 Å². The summed E-state index contributed by atoms with van der Waals surface area (Å²) in [5.74, 6) is 0.0687. The van der Waals surface area contributed by atoms with E-state index in [1.165, 1.54) is 10.9 Å². The van der Waals surface area contributed by atoms with Gasteiger partial charge in [-0.3, -0.25) is 9.62 Å². The number of fused-ring (bicyclic) bond motifs is 1. The Morgan fingerprint density at radius 1 is 1.14 bits per heavy atom. The van der Waals surface area contributed by atoms with Crippen LogP contribution in [-0.2, 0) is 16.6 Å². The number of sulfonamides is 1. The van der Waals surface area contributed by atoms with Crippen LogP contribution in [0.2, 0.25) is 0 Å². The third-order valence-electron chi connectivity index (χ3n) is 5.17. The Morgan fingerprint density at radius 2 is 1.96 bits per heavy atom. The zero-order valence-corrected chi connectivity index (χ0v) is 16.7. The van der Waals surface area contributed by atoms with Gasteiger partial charge in [0.05, 0.1) is 11.4 Å². The smallest absolute Gasteiger partial charge is 0.232 e. The number of aromatic amines is 1. The van der Waals surface area contributed by atoms with Crippen LogP contribution in [0.25, 0.3) is 11.0 Å². The average molecular weight is 400 g/mol. The molecule has 3 heterocycles. The number of pyridine rings is 1. The summed E-state index contributed by atoms with van der Waals surface area (Å²) in [6.45, 7) is 6.26. The first-order valence-electron chi connectivity index (χ1n) is 9.53. The number of benzene rings is 1. The highest BCUT2D eigenvalue weighted by Crippen LogP contribution is 2.23. The molecule has 0 unspecified atom stereocenters. The van der Waals surface area contributed by atoms with Gasteiger partial charge in [-0.15, -0.1) is 0 Å². The standard InChI is InChI=1S/C20H25N5O2S/c1-2-28(26,27)23-17-5-3-6-18(13-17)25-11-9-24(10-12-25)15-16-14-22-20-19(16)7-4-8-21-20/h3-8,13-14,23H,2,9-12,15H2,1H3,(H,21,22). The van der Waals surface area contributed by atoms with E-state index in [0.29, 0.717) is 5.69 Å². The van der Waals surface area contributed by atoms with Crippen LogP contribution in [0.3, 0.4) is 0 Å². The summed E-state index contributed by atoms with van der Waals surface area (Å²) in [4.78, 5) is 12.3. The monoisotopic (exact) mass is 399 g/mol. The summed E-state index contributed by atoms with van der Waals surface area (Å²) in [6, 6.07) is 11.7. The van der Waals surface area contributed by atoms with Crippen LogP contribution >= 0.6 is 0 Å². The number of hydrogen-bond donors (Lipinski definition) is 2. The number of piperazine rings is 1. The summed E-state index contributed by atoms with van der Waals surface area (Å²) in [6.07, 6.45) is 3.85. The third-order valence-corrected chi connectivity index (χ3v) is 6.47. The zero-order valence-electron chi connectivity index (χ0n) is 15.9. The fraction of sp³-hybridized carbons (Fsp3) is 0.350. The van der Waals surface area contributed by atoms with Gasteiger partial charge in [-0.1, -0.05) is 6.07 Å². The topological polar surface area (TPSA) is 81.3 Å². The van der Waals surface area contributed by atoms with Crippen LogP contribution < -0.4 is 9.62 Å². The SMILES string of the molecule is CCS(=O)(=O)Nc1cccc(N2CCN(Cc3c[nH]c4ncccc34)CC2)c1. The molecule has 0 radical (unpaired) electrons. The van der Waals surface area contributed by atoms with Crippen LogP contribution in [0.15, 0.2) is 48.8 Å². The minimum absolute atomic E-state index is 0.0687. The molecule has 0 aliphatic carbocycles. The van der Waals surface area contributed by atoms with Crippen LogP contribution in [0.4, 0.5) is 11.4 Å². The normalized spacial score (nSPS) is 15.8. The van der Waals surface area contributed by atoms with Gasteiger partial charge in [0.2, 0.25) is 10.0 Å². The molecule has 2 N–H and O–H groups in total. The molecule has 0 saturated carbocycles. The number of H-pyrrole nitrogens is 1. The van der Waals surface area contributed by atoms with Crippen molar-refractivity contribution in [3.63, 3.8) is 0 Å². The lowest BCUT2D eigenvalue weighted by molar-refractivity contribution is 0.250. The molecule has 28 heavy (non-hydrogen) atoms. The largest absolute Gasteiger partial charge is 0.369 e. The number of nitrogens with zero attached hydrogens (tertiary/aromatic N) is 3. The predicted octanol–water partition coefficient (Wildman–Crippen LogP) is 2.65. The van der Waals surface area contributed by atoms with E-state index in [4.69, 9.17) is 0 Å². The lowest BCUT2D eigenvalue weighted by atomic mass is 10.2. The lowest BCUT2D eigenvalue weighted by Gasteiger charge is -2.36. The molecule has 8 heteroatoms. The van der Waals surface area contributed by atoms with E-state index in [1.54, 1.807) is 19.2 Å². The van der Waals surface area contributed by atoms with Crippen molar-refractivity contribution in [2.75, 3.05) is 41.6 Å². The molecule has 0 atom stereocenters. The van der Waals surface area contributed by atoms with Crippen molar-refractivity contribution in [3.8, 4) is 0 Å².